The van der Waals surface area contributed by atoms with Gasteiger partial charge in [-0.3, -0.25) is 9.59 Å². The normalized spacial score (nSPS) is 19.3. The lowest BCUT2D eigenvalue weighted by molar-refractivity contribution is -0.141. The van der Waals surface area contributed by atoms with Crippen LogP contribution in [0.4, 0.5) is 13.2 Å². The van der Waals surface area contributed by atoms with Gasteiger partial charge in [0.05, 0.1) is 11.3 Å². The second-order valence-corrected chi connectivity index (χ2v) is 5.14. The summed E-state index contributed by atoms with van der Waals surface area (Å²) in [6.45, 7) is 1.89. The largest absolute Gasteiger partial charge is 0.433 e. The number of pyridine rings is 1. The van der Waals surface area contributed by atoms with Gasteiger partial charge in [-0.25, -0.2) is 4.98 Å². The van der Waals surface area contributed by atoms with Gasteiger partial charge in [-0.2, -0.15) is 13.2 Å². The van der Waals surface area contributed by atoms with Gasteiger partial charge in [0.15, 0.2) is 0 Å². The molecule has 1 aromatic rings. The van der Waals surface area contributed by atoms with Crippen LogP contribution in [0.1, 0.15) is 41.0 Å². The van der Waals surface area contributed by atoms with Crippen LogP contribution in [0.2, 0.25) is 0 Å². The van der Waals surface area contributed by atoms with E-state index >= 15 is 0 Å². The van der Waals surface area contributed by atoms with Gasteiger partial charge in [0, 0.05) is 6.54 Å². The van der Waals surface area contributed by atoms with E-state index in [1.165, 1.54) is 6.92 Å². The Balaban J connectivity index is 2.14. The summed E-state index contributed by atoms with van der Waals surface area (Å²) in [6.07, 6.45) is -2.43. The number of aryl methyl sites for hydroxylation is 1. The number of amides is 2. The maximum absolute atomic E-state index is 12.6. The molecule has 2 rings (SSSR count). The molecule has 1 fully saturated rings. The highest BCUT2D eigenvalue weighted by Crippen LogP contribution is 2.28. The fraction of sp³-hybridized carbons (Fsp3) is 0.500. The van der Waals surface area contributed by atoms with Crippen molar-refractivity contribution in [1.82, 2.24) is 15.6 Å². The average Bonchev–Trinajstić information content (AvgIpc) is 2.63. The molecule has 0 aliphatic carbocycles. The van der Waals surface area contributed by atoms with E-state index in [4.69, 9.17) is 0 Å². The summed E-state index contributed by atoms with van der Waals surface area (Å²) < 4.78 is 37.7. The number of aromatic nitrogens is 1. The van der Waals surface area contributed by atoms with Crippen LogP contribution in [0.25, 0.3) is 0 Å². The van der Waals surface area contributed by atoms with Crippen molar-refractivity contribution in [3.05, 3.63) is 29.1 Å². The minimum absolute atomic E-state index is 0.0265. The molecule has 22 heavy (non-hydrogen) atoms. The van der Waals surface area contributed by atoms with Crippen LogP contribution in [-0.4, -0.2) is 29.4 Å². The maximum atomic E-state index is 12.6. The van der Waals surface area contributed by atoms with Crippen molar-refractivity contribution in [3.63, 3.8) is 0 Å². The van der Waals surface area contributed by atoms with E-state index in [1.54, 1.807) is 0 Å². The summed E-state index contributed by atoms with van der Waals surface area (Å²) in [6, 6.07) is 1.17. The molecule has 0 spiro atoms. The number of carbonyl (C=O) groups is 2. The van der Waals surface area contributed by atoms with E-state index in [9.17, 15) is 22.8 Å². The van der Waals surface area contributed by atoms with Crippen molar-refractivity contribution in [2.75, 3.05) is 6.54 Å². The molecule has 0 radical (unpaired) electrons. The SMILES string of the molecule is Cc1nc(C(F)(F)F)ccc1C(=O)N[C@@H]1CCCCNC1=O. The van der Waals surface area contributed by atoms with E-state index in [0.29, 0.717) is 13.0 Å². The molecule has 2 N–H and O–H groups in total. The van der Waals surface area contributed by atoms with Crippen LogP contribution in [0, 0.1) is 6.92 Å². The van der Waals surface area contributed by atoms with Crippen molar-refractivity contribution in [3.8, 4) is 0 Å². The van der Waals surface area contributed by atoms with Gasteiger partial charge in [-0.1, -0.05) is 0 Å². The van der Waals surface area contributed by atoms with Crippen LogP contribution in [0.3, 0.4) is 0 Å². The van der Waals surface area contributed by atoms with Gasteiger partial charge >= 0.3 is 6.18 Å². The molecule has 2 heterocycles. The first kappa shape index (κ1) is 16.3. The van der Waals surface area contributed by atoms with Gasteiger partial charge in [-0.05, 0) is 38.3 Å². The van der Waals surface area contributed by atoms with Crippen molar-refractivity contribution in [2.45, 2.75) is 38.4 Å². The number of alkyl halides is 3. The molecule has 5 nitrogen and oxygen atoms in total. The van der Waals surface area contributed by atoms with Crippen LogP contribution < -0.4 is 10.6 Å². The number of hydrogen-bond donors (Lipinski definition) is 2. The lowest BCUT2D eigenvalue weighted by Gasteiger charge is -2.16. The Kier molecular flexibility index (Phi) is 4.68. The minimum Gasteiger partial charge on any atom is -0.354 e. The third kappa shape index (κ3) is 3.75. The van der Waals surface area contributed by atoms with Gasteiger partial charge in [-0.15, -0.1) is 0 Å². The Hall–Kier alpha value is -2.12. The molecule has 1 saturated heterocycles. The second-order valence-electron chi connectivity index (χ2n) is 5.14. The summed E-state index contributed by atoms with van der Waals surface area (Å²) >= 11 is 0. The molecular formula is C14H16F3N3O2. The second kappa shape index (κ2) is 6.33. The molecule has 0 bridgehead atoms. The third-order valence-electron chi connectivity index (χ3n) is 3.46. The summed E-state index contributed by atoms with van der Waals surface area (Å²) in [5, 5.41) is 5.23. The van der Waals surface area contributed by atoms with Gasteiger partial charge in [0.1, 0.15) is 11.7 Å². The van der Waals surface area contributed by atoms with Crippen molar-refractivity contribution < 1.29 is 22.8 Å². The van der Waals surface area contributed by atoms with E-state index in [-0.39, 0.29) is 17.2 Å². The summed E-state index contributed by atoms with van der Waals surface area (Å²) in [4.78, 5) is 27.3. The minimum atomic E-state index is -4.55. The number of halogens is 3. The quantitative estimate of drug-likeness (QED) is 0.874. The molecule has 0 unspecified atom stereocenters. The monoisotopic (exact) mass is 315 g/mol. The number of nitrogens with one attached hydrogen (secondary N) is 2. The van der Waals surface area contributed by atoms with Crippen LogP contribution in [0.5, 0.6) is 0 Å². The molecule has 1 atom stereocenters. The zero-order valence-corrected chi connectivity index (χ0v) is 12.0. The first-order chi connectivity index (χ1) is 10.3. The van der Waals surface area contributed by atoms with E-state index in [1.807, 2.05) is 0 Å². The molecule has 0 aromatic carbocycles. The molecule has 1 aromatic heterocycles. The number of carbonyl (C=O) groups excluding carboxylic acids is 2. The number of hydrogen-bond acceptors (Lipinski definition) is 3. The third-order valence-corrected chi connectivity index (χ3v) is 3.46. The Morgan fingerprint density at radius 2 is 2.09 bits per heavy atom. The predicted octanol–water partition coefficient (Wildman–Crippen LogP) is 1.81. The number of nitrogens with zero attached hydrogens (tertiary/aromatic N) is 1. The Bertz CT molecular complexity index is 587. The molecule has 2 amide bonds. The van der Waals surface area contributed by atoms with Crippen molar-refractivity contribution in [2.24, 2.45) is 0 Å². The van der Waals surface area contributed by atoms with Crippen molar-refractivity contribution >= 4 is 11.8 Å². The number of rotatable bonds is 2. The topological polar surface area (TPSA) is 71.1 Å². The lowest BCUT2D eigenvalue weighted by Crippen LogP contribution is -2.45. The van der Waals surface area contributed by atoms with Crippen LogP contribution in [-0.2, 0) is 11.0 Å². The van der Waals surface area contributed by atoms with E-state index in [0.717, 1.165) is 25.0 Å². The van der Waals surface area contributed by atoms with Crippen molar-refractivity contribution in [1.29, 1.82) is 0 Å². The summed E-state index contributed by atoms with van der Waals surface area (Å²) in [7, 11) is 0. The van der Waals surface area contributed by atoms with Gasteiger partial charge < -0.3 is 10.6 Å². The first-order valence-electron chi connectivity index (χ1n) is 6.92. The molecule has 1 aliphatic heterocycles. The highest BCUT2D eigenvalue weighted by Gasteiger charge is 2.33. The molecule has 120 valence electrons. The standard InChI is InChI=1S/C14H16F3N3O2/c1-8-9(5-6-11(19-8)14(15,16)17)12(21)20-10-4-2-3-7-18-13(10)22/h5-6,10H,2-4,7H2,1H3,(H,18,22)(H,20,21)/t10-/m1/s1. The molecule has 1 aliphatic rings. The molecule has 8 heteroatoms. The maximum Gasteiger partial charge on any atom is 0.433 e. The lowest BCUT2D eigenvalue weighted by atomic mass is 10.1. The fourth-order valence-corrected chi connectivity index (χ4v) is 2.27. The molecule has 0 saturated carbocycles. The highest BCUT2D eigenvalue weighted by molar-refractivity contribution is 5.98. The predicted molar refractivity (Wildman–Crippen MR) is 72.1 cm³/mol. The fourth-order valence-electron chi connectivity index (χ4n) is 2.27. The Labute approximate surface area is 125 Å². The molecular weight excluding hydrogens is 299 g/mol. The van der Waals surface area contributed by atoms with Gasteiger partial charge in [0.2, 0.25) is 5.91 Å². The Morgan fingerprint density at radius 3 is 2.73 bits per heavy atom. The van der Waals surface area contributed by atoms with Gasteiger partial charge in [0.25, 0.3) is 5.91 Å². The van der Waals surface area contributed by atoms with E-state index < -0.39 is 23.8 Å². The zero-order chi connectivity index (χ0) is 16.3. The van der Waals surface area contributed by atoms with Crippen LogP contribution in [0.15, 0.2) is 12.1 Å². The zero-order valence-electron chi connectivity index (χ0n) is 12.0. The average molecular weight is 315 g/mol. The summed E-state index contributed by atoms with van der Waals surface area (Å²) in [5.41, 5.74) is -1.04. The summed E-state index contributed by atoms with van der Waals surface area (Å²) in [5.74, 6) is -0.871. The first-order valence-corrected chi connectivity index (χ1v) is 6.92. The van der Waals surface area contributed by atoms with Crippen LogP contribution >= 0.6 is 0 Å². The highest BCUT2D eigenvalue weighted by atomic mass is 19.4. The van der Waals surface area contributed by atoms with E-state index in [2.05, 4.69) is 15.6 Å². The Morgan fingerprint density at radius 1 is 1.36 bits per heavy atom. The smallest absolute Gasteiger partial charge is 0.354 e.